The predicted molar refractivity (Wildman–Crippen MR) is 52.1 cm³/mol. The molecule has 0 aromatic heterocycles. The van der Waals surface area contributed by atoms with Gasteiger partial charge in [-0.15, -0.1) is 0 Å². The van der Waals surface area contributed by atoms with E-state index in [2.05, 4.69) is 6.07 Å². The van der Waals surface area contributed by atoms with E-state index < -0.39 is 5.41 Å². The lowest BCUT2D eigenvalue weighted by atomic mass is 9.80. The Balaban J connectivity index is 2.38. The molecule has 0 unspecified atom stereocenters. The predicted octanol–water partition coefficient (Wildman–Crippen LogP) is 2.94. The summed E-state index contributed by atoms with van der Waals surface area (Å²) in [6.07, 6.45) is 5.48. The van der Waals surface area contributed by atoms with Gasteiger partial charge in [0.25, 0.3) is 0 Å². The molecule has 1 nitrogen and oxygen atoms in total. The molecule has 2 rings (SSSR count). The van der Waals surface area contributed by atoms with E-state index in [1.807, 2.05) is 12.2 Å². The van der Waals surface area contributed by atoms with E-state index in [1.165, 1.54) is 12.1 Å². The average molecular weight is 187 g/mol. The van der Waals surface area contributed by atoms with Crippen LogP contribution in [0.4, 0.5) is 4.39 Å². The van der Waals surface area contributed by atoms with E-state index in [0.717, 1.165) is 18.4 Å². The van der Waals surface area contributed by atoms with Gasteiger partial charge < -0.3 is 0 Å². The SMILES string of the molecule is N#CC1(c2ccc(F)cc2)CC=CC1. The lowest BCUT2D eigenvalue weighted by Gasteiger charge is -2.20. The van der Waals surface area contributed by atoms with E-state index in [9.17, 15) is 4.39 Å². The van der Waals surface area contributed by atoms with Crippen LogP contribution >= 0.6 is 0 Å². The van der Waals surface area contributed by atoms with Gasteiger partial charge in [-0.2, -0.15) is 5.26 Å². The highest BCUT2D eigenvalue weighted by molar-refractivity contribution is 5.37. The summed E-state index contributed by atoms with van der Waals surface area (Å²) in [6.45, 7) is 0. The maximum atomic E-state index is 12.7. The quantitative estimate of drug-likeness (QED) is 0.620. The molecule has 70 valence electrons. The Morgan fingerprint density at radius 3 is 2.21 bits per heavy atom. The van der Waals surface area contributed by atoms with Gasteiger partial charge in [-0.1, -0.05) is 24.3 Å². The van der Waals surface area contributed by atoms with Crippen molar-refractivity contribution in [1.82, 2.24) is 0 Å². The summed E-state index contributed by atoms with van der Waals surface area (Å²) in [5.41, 5.74) is 0.458. The summed E-state index contributed by atoms with van der Waals surface area (Å²) >= 11 is 0. The van der Waals surface area contributed by atoms with Crippen LogP contribution in [0, 0.1) is 17.1 Å². The minimum atomic E-state index is -0.451. The summed E-state index contributed by atoms with van der Waals surface area (Å²) in [6, 6.07) is 8.55. The third kappa shape index (κ3) is 1.31. The van der Waals surface area contributed by atoms with Gasteiger partial charge in [-0.3, -0.25) is 0 Å². The molecular weight excluding hydrogens is 177 g/mol. The largest absolute Gasteiger partial charge is 0.207 e. The molecule has 1 aromatic rings. The van der Waals surface area contributed by atoms with Gasteiger partial charge in [0.15, 0.2) is 0 Å². The van der Waals surface area contributed by atoms with E-state index in [-0.39, 0.29) is 5.82 Å². The molecule has 0 heterocycles. The van der Waals surface area contributed by atoms with Gasteiger partial charge in [0, 0.05) is 0 Å². The fraction of sp³-hybridized carbons (Fsp3) is 0.250. The van der Waals surface area contributed by atoms with Crippen molar-refractivity contribution in [3.63, 3.8) is 0 Å². The fourth-order valence-corrected chi connectivity index (χ4v) is 1.81. The van der Waals surface area contributed by atoms with E-state index in [1.54, 1.807) is 12.1 Å². The zero-order valence-corrected chi connectivity index (χ0v) is 7.70. The first-order valence-electron chi connectivity index (χ1n) is 4.59. The molecule has 0 atom stereocenters. The van der Waals surface area contributed by atoms with Gasteiger partial charge in [-0.05, 0) is 30.5 Å². The molecule has 0 aliphatic heterocycles. The molecule has 0 spiro atoms. The average Bonchev–Trinajstić information content (AvgIpc) is 2.68. The second kappa shape index (κ2) is 3.26. The summed E-state index contributed by atoms with van der Waals surface area (Å²) in [4.78, 5) is 0. The molecule has 0 saturated heterocycles. The molecule has 1 aromatic carbocycles. The van der Waals surface area contributed by atoms with E-state index in [4.69, 9.17) is 5.26 Å². The van der Waals surface area contributed by atoms with Crippen molar-refractivity contribution < 1.29 is 4.39 Å². The van der Waals surface area contributed by atoms with Crippen LogP contribution in [0.3, 0.4) is 0 Å². The zero-order valence-electron chi connectivity index (χ0n) is 7.70. The Morgan fingerprint density at radius 1 is 1.14 bits per heavy atom. The highest BCUT2D eigenvalue weighted by atomic mass is 19.1. The number of nitriles is 1. The molecular formula is C12H10FN. The van der Waals surface area contributed by atoms with Crippen LogP contribution in [-0.2, 0) is 5.41 Å². The number of rotatable bonds is 1. The highest BCUT2D eigenvalue weighted by Crippen LogP contribution is 2.36. The maximum absolute atomic E-state index is 12.7. The first kappa shape index (κ1) is 8.96. The number of hydrogen-bond acceptors (Lipinski definition) is 1. The molecule has 0 fully saturated rings. The van der Waals surface area contributed by atoms with Gasteiger partial charge in [0.05, 0.1) is 11.5 Å². The standard InChI is InChI=1S/C12H10FN/c13-11-5-3-10(4-6-11)12(9-14)7-1-2-8-12/h1-6H,7-8H2. The van der Waals surface area contributed by atoms with Crippen LogP contribution in [0.25, 0.3) is 0 Å². The second-order valence-electron chi connectivity index (χ2n) is 3.58. The molecule has 0 bridgehead atoms. The summed E-state index contributed by atoms with van der Waals surface area (Å²) < 4.78 is 12.7. The Labute approximate surface area is 82.5 Å². The Kier molecular flexibility index (Phi) is 2.09. The van der Waals surface area contributed by atoms with Crippen molar-refractivity contribution in [3.8, 4) is 6.07 Å². The van der Waals surface area contributed by atoms with Crippen LogP contribution in [0.2, 0.25) is 0 Å². The van der Waals surface area contributed by atoms with E-state index >= 15 is 0 Å². The van der Waals surface area contributed by atoms with Gasteiger partial charge in [0.1, 0.15) is 5.82 Å². The van der Waals surface area contributed by atoms with Crippen LogP contribution in [0.1, 0.15) is 18.4 Å². The third-order valence-corrected chi connectivity index (χ3v) is 2.71. The molecule has 0 radical (unpaired) electrons. The molecule has 1 aliphatic carbocycles. The summed E-state index contributed by atoms with van der Waals surface area (Å²) in [5, 5.41) is 9.16. The van der Waals surface area contributed by atoms with Crippen molar-refractivity contribution >= 4 is 0 Å². The molecule has 1 aliphatic rings. The zero-order chi connectivity index (χ0) is 10.0. The van der Waals surface area contributed by atoms with Crippen LogP contribution in [0.5, 0.6) is 0 Å². The van der Waals surface area contributed by atoms with Crippen LogP contribution in [0.15, 0.2) is 36.4 Å². The minimum Gasteiger partial charge on any atom is -0.207 e. The first-order valence-corrected chi connectivity index (χ1v) is 4.59. The highest BCUT2D eigenvalue weighted by Gasteiger charge is 2.32. The Bertz CT molecular complexity index is 389. The maximum Gasteiger partial charge on any atom is 0.123 e. The summed E-state index contributed by atoms with van der Waals surface area (Å²) in [5.74, 6) is -0.257. The monoisotopic (exact) mass is 187 g/mol. The fourth-order valence-electron chi connectivity index (χ4n) is 1.81. The van der Waals surface area contributed by atoms with Crippen LogP contribution in [-0.4, -0.2) is 0 Å². The normalized spacial score (nSPS) is 18.0. The molecule has 2 heteroatoms. The number of nitrogens with zero attached hydrogens (tertiary/aromatic N) is 1. The third-order valence-electron chi connectivity index (χ3n) is 2.71. The molecule has 0 N–H and O–H groups in total. The minimum absolute atomic E-state index is 0.257. The Hall–Kier alpha value is -1.62. The van der Waals surface area contributed by atoms with E-state index in [0.29, 0.717) is 0 Å². The van der Waals surface area contributed by atoms with Crippen LogP contribution < -0.4 is 0 Å². The van der Waals surface area contributed by atoms with Crippen molar-refractivity contribution in [2.75, 3.05) is 0 Å². The number of hydrogen-bond donors (Lipinski definition) is 0. The number of halogens is 1. The van der Waals surface area contributed by atoms with Crippen molar-refractivity contribution in [2.45, 2.75) is 18.3 Å². The second-order valence-corrected chi connectivity index (χ2v) is 3.58. The lowest BCUT2D eigenvalue weighted by Crippen LogP contribution is -2.19. The number of benzene rings is 1. The van der Waals surface area contributed by atoms with Gasteiger partial charge >= 0.3 is 0 Å². The van der Waals surface area contributed by atoms with Crippen molar-refractivity contribution in [1.29, 1.82) is 5.26 Å². The number of allylic oxidation sites excluding steroid dienone is 2. The summed E-state index contributed by atoms with van der Waals surface area (Å²) in [7, 11) is 0. The van der Waals surface area contributed by atoms with Crippen molar-refractivity contribution in [2.24, 2.45) is 0 Å². The Morgan fingerprint density at radius 2 is 1.71 bits per heavy atom. The first-order chi connectivity index (χ1) is 6.77. The van der Waals surface area contributed by atoms with Gasteiger partial charge in [-0.25, -0.2) is 4.39 Å². The molecule has 14 heavy (non-hydrogen) atoms. The molecule has 0 amide bonds. The molecule has 0 saturated carbocycles. The topological polar surface area (TPSA) is 23.8 Å². The van der Waals surface area contributed by atoms with Crippen molar-refractivity contribution in [3.05, 3.63) is 47.8 Å². The lowest BCUT2D eigenvalue weighted by molar-refractivity contribution is 0.588. The van der Waals surface area contributed by atoms with Gasteiger partial charge in [0.2, 0.25) is 0 Å². The smallest absolute Gasteiger partial charge is 0.123 e.